The van der Waals surface area contributed by atoms with E-state index in [1.54, 1.807) is 18.4 Å². The third-order valence-corrected chi connectivity index (χ3v) is 2.29. The van der Waals surface area contributed by atoms with E-state index in [-0.39, 0.29) is 12.1 Å². The van der Waals surface area contributed by atoms with Gasteiger partial charge in [0, 0.05) is 20.1 Å². The van der Waals surface area contributed by atoms with Gasteiger partial charge in [0.25, 0.3) is 0 Å². The van der Waals surface area contributed by atoms with Gasteiger partial charge in [-0.25, -0.2) is 4.79 Å². The standard InChI is InChI=1S/C8H13N2O3/c1-9(6-11)7-3-4-10(5-7)8(12)13-2/h7H,3-5H2,1-2H3. The van der Waals surface area contributed by atoms with Crippen LogP contribution in [0.4, 0.5) is 4.79 Å². The summed E-state index contributed by atoms with van der Waals surface area (Å²) in [7, 11) is 3.02. The molecule has 1 unspecified atom stereocenters. The first-order chi connectivity index (χ1) is 6.19. The van der Waals surface area contributed by atoms with Crippen LogP contribution in [0.2, 0.25) is 0 Å². The molecule has 1 aliphatic heterocycles. The van der Waals surface area contributed by atoms with Gasteiger partial charge in [0.2, 0.25) is 0 Å². The van der Waals surface area contributed by atoms with Crippen LogP contribution >= 0.6 is 0 Å². The maximum absolute atomic E-state index is 11.1. The first-order valence-corrected chi connectivity index (χ1v) is 4.12. The maximum Gasteiger partial charge on any atom is 0.409 e. The molecule has 1 aliphatic rings. The lowest BCUT2D eigenvalue weighted by Gasteiger charge is -2.18. The minimum Gasteiger partial charge on any atom is -0.453 e. The van der Waals surface area contributed by atoms with E-state index in [2.05, 4.69) is 4.74 Å². The van der Waals surface area contributed by atoms with E-state index in [1.165, 1.54) is 12.0 Å². The topological polar surface area (TPSA) is 49.9 Å². The molecule has 1 fully saturated rings. The zero-order chi connectivity index (χ0) is 9.84. The Kier molecular flexibility index (Phi) is 3.11. The molecule has 0 N–H and O–H groups in total. The highest BCUT2D eigenvalue weighted by atomic mass is 16.5. The van der Waals surface area contributed by atoms with Crippen molar-refractivity contribution in [2.24, 2.45) is 0 Å². The lowest BCUT2D eigenvalue weighted by molar-refractivity contribution is 0.131. The predicted molar refractivity (Wildman–Crippen MR) is 45.8 cm³/mol. The minimum absolute atomic E-state index is 0.0802. The molecule has 1 saturated heterocycles. The van der Waals surface area contributed by atoms with Crippen LogP contribution in [0.25, 0.3) is 0 Å². The Labute approximate surface area is 77.2 Å². The van der Waals surface area contributed by atoms with Crippen LogP contribution in [0.1, 0.15) is 6.42 Å². The molecule has 0 aromatic rings. The summed E-state index contributed by atoms with van der Waals surface area (Å²) in [6.45, 7) is 1.18. The van der Waals surface area contributed by atoms with Crippen molar-refractivity contribution >= 4 is 12.5 Å². The van der Waals surface area contributed by atoms with Gasteiger partial charge < -0.3 is 14.5 Å². The summed E-state index contributed by atoms with van der Waals surface area (Å²) in [4.78, 5) is 24.4. The Morgan fingerprint density at radius 2 is 2.38 bits per heavy atom. The quantitative estimate of drug-likeness (QED) is 0.561. The Hall–Kier alpha value is -1.26. The molecular formula is C8H13N2O3. The molecule has 0 saturated carbocycles. The Balaban J connectivity index is 2.44. The van der Waals surface area contributed by atoms with Crippen LogP contribution in [-0.4, -0.2) is 55.6 Å². The number of carbonyl (C=O) groups excluding carboxylic acids is 2. The number of hydrogen-bond acceptors (Lipinski definition) is 3. The van der Waals surface area contributed by atoms with E-state index in [1.807, 2.05) is 0 Å². The second-order valence-electron chi connectivity index (χ2n) is 3.06. The first-order valence-electron chi connectivity index (χ1n) is 4.12. The molecule has 1 radical (unpaired) electrons. The summed E-state index contributed by atoms with van der Waals surface area (Å²) in [5, 5.41) is 0. The first kappa shape index (κ1) is 9.83. The van der Waals surface area contributed by atoms with Crippen LogP contribution in [-0.2, 0) is 9.53 Å². The highest BCUT2D eigenvalue weighted by Gasteiger charge is 2.28. The Morgan fingerprint density at radius 3 is 2.92 bits per heavy atom. The third-order valence-electron chi connectivity index (χ3n) is 2.29. The van der Waals surface area contributed by atoms with Gasteiger partial charge in [-0.05, 0) is 6.42 Å². The Morgan fingerprint density at radius 1 is 1.69 bits per heavy atom. The summed E-state index contributed by atoms with van der Waals surface area (Å²) in [5.41, 5.74) is 0. The summed E-state index contributed by atoms with van der Waals surface area (Å²) >= 11 is 0. The van der Waals surface area contributed by atoms with E-state index >= 15 is 0 Å². The van der Waals surface area contributed by atoms with Crippen molar-refractivity contribution in [3.8, 4) is 0 Å². The zero-order valence-electron chi connectivity index (χ0n) is 7.82. The van der Waals surface area contributed by atoms with Crippen molar-refractivity contribution in [1.82, 2.24) is 9.80 Å². The number of likely N-dealkylation sites (N-methyl/N-ethyl adjacent to an activating group) is 1. The number of amides is 2. The van der Waals surface area contributed by atoms with Gasteiger partial charge in [0.1, 0.15) is 0 Å². The number of ether oxygens (including phenoxy) is 1. The molecular weight excluding hydrogens is 172 g/mol. The molecule has 1 rings (SSSR count). The highest BCUT2D eigenvalue weighted by Crippen LogP contribution is 2.13. The summed E-state index contributed by atoms with van der Waals surface area (Å²) in [5.74, 6) is 0. The predicted octanol–water partition coefficient (Wildman–Crippen LogP) is -0.174. The van der Waals surface area contributed by atoms with Gasteiger partial charge in [-0.2, -0.15) is 0 Å². The van der Waals surface area contributed by atoms with Crippen molar-refractivity contribution in [2.45, 2.75) is 12.5 Å². The summed E-state index contributed by atoms with van der Waals surface area (Å²) in [6.07, 6.45) is 2.25. The molecule has 13 heavy (non-hydrogen) atoms. The van der Waals surface area contributed by atoms with E-state index in [4.69, 9.17) is 0 Å². The monoisotopic (exact) mass is 185 g/mol. The van der Waals surface area contributed by atoms with Crippen LogP contribution in [0, 0.1) is 0 Å². The number of rotatable bonds is 2. The molecule has 5 nitrogen and oxygen atoms in total. The summed E-state index contributed by atoms with van der Waals surface area (Å²) < 4.78 is 4.57. The average molecular weight is 185 g/mol. The van der Waals surface area contributed by atoms with Gasteiger partial charge in [0.05, 0.1) is 13.2 Å². The SMILES string of the molecule is COC(=O)N1CCC(N(C)[C]=O)C1. The molecule has 1 heterocycles. The van der Waals surface area contributed by atoms with Crippen LogP contribution < -0.4 is 0 Å². The van der Waals surface area contributed by atoms with Crippen LogP contribution in [0.3, 0.4) is 0 Å². The Bertz CT molecular complexity index is 208. The number of nitrogens with zero attached hydrogens (tertiary/aromatic N) is 2. The minimum atomic E-state index is -0.332. The highest BCUT2D eigenvalue weighted by molar-refractivity contribution is 5.68. The van der Waals surface area contributed by atoms with E-state index in [9.17, 15) is 9.59 Å². The van der Waals surface area contributed by atoms with Crippen molar-refractivity contribution in [3.05, 3.63) is 0 Å². The molecule has 0 aromatic carbocycles. The fourth-order valence-corrected chi connectivity index (χ4v) is 1.43. The van der Waals surface area contributed by atoms with Crippen molar-refractivity contribution in [1.29, 1.82) is 0 Å². The van der Waals surface area contributed by atoms with Gasteiger partial charge >= 0.3 is 12.5 Å². The largest absolute Gasteiger partial charge is 0.453 e. The number of methoxy groups -OCH3 is 1. The third kappa shape index (κ3) is 2.11. The molecule has 0 aromatic heterocycles. The van der Waals surface area contributed by atoms with Gasteiger partial charge in [-0.1, -0.05) is 0 Å². The maximum atomic E-state index is 11.1. The molecule has 73 valence electrons. The van der Waals surface area contributed by atoms with Crippen LogP contribution in [0.5, 0.6) is 0 Å². The van der Waals surface area contributed by atoms with E-state index in [0.717, 1.165) is 6.42 Å². The van der Waals surface area contributed by atoms with Crippen LogP contribution in [0.15, 0.2) is 0 Å². The van der Waals surface area contributed by atoms with E-state index < -0.39 is 0 Å². The molecule has 0 bridgehead atoms. The van der Waals surface area contributed by atoms with Crippen molar-refractivity contribution in [2.75, 3.05) is 27.2 Å². The molecule has 5 heteroatoms. The lowest BCUT2D eigenvalue weighted by atomic mass is 10.2. The zero-order valence-corrected chi connectivity index (χ0v) is 7.82. The second-order valence-corrected chi connectivity index (χ2v) is 3.06. The number of likely N-dealkylation sites (tertiary alicyclic amines) is 1. The molecule has 1 atom stereocenters. The van der Waals surface area contributed by atoms with E-state index in [0.29, 0.717) is 13.1 Å². The number of carbonyl (C=O) groups is 1. The second kappa shape index (κ2) is 4.11. The lowest BCUT2D eigenvalue weighted by Crippen LogP contribution is -2.35. The average Bonchev–Trinajstić information content (AvgIpc) is 2.64. The molecule has 2 amide bonds. The van der Waals surface area contributed by atoms with Crippen molar-refractivity contribution in [3.63, 3.8) is 0 Å². The van der Waals surface area contributed by atoms with Gasteiger partial charge in [-0.15, -0.1) is 0 Å². The van der Waals surface area contributed by atoms with Gasteiger partial charge in [-0.3, -0.25) is 4.79 Å². The smallest absolute Gasteiger partial charge is 0.409 e. The summed E-state index contributed by atoms with van der Waals surface area (Å²) in [6, 6.07) is 0.0802. The fraction of sp³-hybridized carbons (Fsp3) is 0.750. The van der Waals surface area contributed by atoms with Crippen molar-refractivity contribution < 1.29 is 14.3 Å². The molecule has 0 aliphatic carbocycles. The van der Waals surface area contributed by atoms with Gasteiger partial charge in [0.15, 0.2) is 0 Å². The number of hydrogen-bond donors (Lipinski definition) is 0. The fourth-order valence-electron chi connectivity index (χ4n) is 1.43. The normalized spacial score (nSPS) is 21.4. The molecule has 0 spiro atoms.